The number of rotatable bonds is 5. The highest BCUT2D eigenvalue weighted by atomic mass is 32.2. The first-order valence-electron chi connectivity index (χ1n) is 8.78. The maximum absolute atomic E-state index is 11.5. The second-order valence-corrected chi connectivity index (χ2v) is 8.78. The topological polar surface area (TPSA) is 78.4 Å². The van der Waals surface area contributed by atoms with Gasteiger partial charge in [0.15, 0.2) is 0 Å². The lowest BCUT2D eigenvalue weighted by Crippen LogP contribution is -2.39. The fourth-order valence-corrected chi connectivity index (χ4v) is 4.31. The average Bonchev–Trinajstić information content (AvgIpc) is 2.61. The standard InChI is InChI=1S/C16H27N5O2S/c1-24(22,23)21-9-5-14(6-10-21)12-17-15-11-16(19-13-18-15)20-7-3-2-4-8-20/h11,13-14H,2-10,12H2,1H3,(H,17,18,19). The number of nitrogens with zero attached hydrogens (tertiary/aromatic N) is 4. The van der Waals surface area contributed by atoms with Crippen molar-refractivity contribution in [3.63, 3.8) is 0 Å². The minimum Gasteiger partial charge on any atom is -0.370 e. The molecule has 0 bridgehead atoms. The van der Waals surface area contributed by atoms with Gasteiger partial charge in [0.05, 0.1) is 6.26 Å². The largest absolute Gasteiger partial charge is 0.370 e. The second-order valence-electron chi connectivity index (χ2n) is 6.80. The lowest BCUT2D eigenvalue weighted by Gasteiger charge is -2.30. The third kappa shape index (κ3) is 4.57. The van der Waals surface area contributed by atoms with Gasteiger partial charge in [0.1, 0.15) is 18.0 Å². The number of piperidine rings is 2. The molecule has 0 saturated carbocycles. The van der Waals surface area contributed by atoms with Crippen LogP contribution < -0.4 is 10.2 Å². The van der Waals surface area contributed by atoms with Gasteiger partial charge in [-0.3, -0.25) is 0 Å². The number of hydrogen-bond acceptors (Lipinski definition) is 6. The first-order chi connectivity index (χ1) is 11.5. The molecule has 2 aliphatic rings. The Morgan fingerprint density at radius 1 is 1.12 bits per heavy atom. The Bertz CT molecular complexity index is 638. The van der Waals surface area contributed by atoms with Crippen molar-refractivity contribution in [3.8, 4) is 0 Å². The van der Waals surface area contributed by atoms with Crippen LogP contribution in [0.2, 0.25) is 0 Å². The van der Waals surface area contributed by atoms with E-state index in [1.165, 1.54) is 25.5 Å². The first kappa shape index (κ1) is 17.4. The van der Waals surface area contributed by atoms with Gasteiger partial charge in [0.2, 0.25) is 10.0 Å². The van der Waals surface area contributed by atoms with Crippen LogP contribution in [-0.4, -0.2) is 61.7 Å². The van der Waals surface area contributed by atoms with Crippen LogP contribution in [-0.2, 0) is 10.0 Å². The fourth-order valence-electron chi connectivity index (χ4n) is 3.43. The number of nitrogens with one attached hydrogen (secondary N) is 1. The monoisotopic (exact) mass is 353 g/mol. The molecular weight excluding hydrogens is 326 g/mol. The summed E-state index contributed by atoms with van der Waals surface area (Å²) in [6.07, 6.45) is 8.46. The molecule has 1 aromatic rings. The Kier molecular flexibility index (Phi) is 5.55. The van der Waals surface area contributed by atoms with Crippen LogP contribution in [0.15, 0.2) is 12.4 Å². The molecule has 8 heteroatoms. The molecular formula is C16H27N5O2S. The van der Waals surface area contributed by atoms with Crippen molar-refractivity contribution < 1.29 is 8.42 Å². The molecule has 0 aromatic carbocycles. The zero-order valence-electron chi connectivity index (χ0n) is 14.3. The summed E-state index contributed by atoms with van der Waals surface area (Å²) < 4.78 is 24.7. The van der Waals surface area contributed by atoms with Crippen molar-refractivity contribution in [2.75, 3.05) is 49.2 Å². The Morgan fingerprint density at radius 2 is 1.83 bits per heavy atom. The van der Waals surface area contributed by atoms with Crippen LogP contribution in [0.5, 0.6) is 0 Å². The van der Waals surface area contributed by atoms with Gasteiger partial charge in [0, 0.05) is 38.8 Å². The van der Waals surface area contributed by atoms with Crippen LogP contribution in [0.3, 0.4) is 0 Å². The third-order valence-electron chi connectivity index (χ3n) is 4.95. The molecule has 7 nitrogen and oxygen atoms in total. The fraction of sp³-hybridized carbons (Fsp3) is 0.750. The lowest BCUT2D eigenvalue weighted by atomic mass is 9.98. The predicted octanol–water partition coefficient (Wildman–Crippen LogP) is 1.55. The van der Waals surface area contributed by atoms with Crippen LogP contribution in [0, 0.1) is 5.92 Å². The molecule has 2 fully saturated rings. The van der Waals surface area contributed by atoms with Gasteiger partial charge in [-0.15, -0.1) is 0 Å². The van der Waals surface area contributed by atoms with Gasteiger partial charge < -0.3 is 10.2 Å². The number of aromatic nitrogens is 2. The molecule has 0 spiro atoms. The van der Waals surface area contributed by atoms with Crippen LogP contribution in [0.1, 0.15) is 32.1 Å². The highest BCUT2D eigenvalue weighted by molar-refractivity contribution is 7.88. The minimum atomic E-state index is -3.05. The van der Waals surface area contributed by atoms with E-state index in [0.29, 0.717) is 19.0 Å². The van der Waals surface area contributed by atoms with E-state index >= 15 is 0 Å². The first-order valence-corrected chi connectivity index (χ1v) is 10.6. The summed E-state index contributed by atoms with van der Waals surface area (Å²) in [5, 5.41) is 3.40. The van der Waals surface area contributed by atoms with Crippen molar-refractivity contribution >= 4 is 21.7 Å². The molecule has 0 atom stereocenters. The average molecular weight is 353 g/mol. The zero-order chi connectivity index (χ0) is 17.0. The van der Waals surface area contributed by atoms with Crippen LogP contribution in [0.4, 0.5) is 11.6 Å². The van der Waals surface area contributed by atoms with Gasteiger partial charge in [-0.25, -0.2) is 22.7 Å². The normalized spacial score (nSPS) is 21.0. The highest BCUT2D eigenvalue weighted by Crippen LogP contribution is 2.22. The van der Waals surface area contributed by atoms with E-state index in [1.807, 2.05) is 6.07 Å². The molecule has 0 aliphatic carbocycles. The molecule has 0 amide bonds. The summed E-state index contributed by atoms with van der Waals surface area (Å²) in [5.74, 6) is 2.34. The van der Waals surface area contributed by atoms with Gasteiger partial charge in [-0.1, -0.05) is 0 Å². The maximum atomic E-state index is 11.5. The minimum absolute atomic E-state index is 0.483. The van der Waals surface area contributed by atoms with Crippen molar-refractivity contribution in [1.82, 2.24) is 14.3 Å². The van der Waals surface area contributed by atoms with E-state index < -0.39 is 10.0 Å². The molecule has 0 radical (unpaired) electrons. The zero-order valence-corrected chi connectivity index (χ0v) is 15.1. The van der Waals surface area contributed by atoms with Crippen molar-refractivity contribution in [1.29, 1.82) is 0 Å². The number of anilines is 2. The molecule has 3 rings (SSSR count). The summed E-state index contributed by atoms with van der Waals surface area (Å²) >= 11 is 0. The van der Waals surface area contributed by atoms with Gasteiger partial charge in [0.25, 0.3) is 0 Å². The molecule has 24 heavy (non-hydrogen) atoms. The summed E-state index contributed by atoms with van der Waals surface area (Å²) in [5.41, 5.74) is 0. The second kappa shape index (κ2) is 7.65. The summed E-state index contributed by atoms with van der Waals surface area (Å²) in [4.78, 5) is 11.0. The molecule has 3 heterocycles. The Morgan fingerprint density at radius 3 is 2.50 bits per heavy atom. The molecule has 2 aliphatic heterocycles. The molecule has 1 N–H and O–H groups in total. The van der Waals surface area contributed by atoms with E-state index in [-0.39, 0.29) is 0 Å². The number of sulfonamides is 1. The SMILES string of the molecule is CS(=O)(=O)N1CCC(CNc2cc(N3CCCCC3)ncn2)CC1. The van der Waals surface area contributed by atoms with E-state index in [2.05, 4.69) is 20.2 Å². The van der Waals surface area contributed by atoms with Gasteiger partial charge in [-0.05, 0) is 38.0 Å². The van der Waals surface area contributed by atoms with E-state index in [1.54, 1.807) is 10.6 Å². The van der Waals surface area contributed by atoms with Crippen LogP contribution >= 0.6 is 0 Å². The molecule has 0 unspecified atom stereocenters. The smallest absolute Gasteiger partial charge is 0.211 e. The Labute approximate surface area is 144 Å². The summed E-state index contributed by atoms with van der Waals surface area (Å²) in [6.45, 7) is 4.21. The van der Waals surface area contributed by atoms with Crippen molar-refractivity contribution in [2.24, 2.45) is 5.92 Å². The van der Waals surface area contributed by atoms with E-state index in [0.717, 1.165) is 44.1 Å². The van der Waals surface area contributed by atoms with Crippen LogP contribution in [0.25, 0.3) is 0 Å². The predicted molar refractivity (Wildman–Crippen MR) is 95.7 cm³/mol. The Hall–Kier alpha value is -1.41. The van der Waals surface area contributed by atoms with Crippen molar-refractivity contribution in [2.45, 2.75) is 32.1 Å². The van der Waals surface area contributed by atoms with Gasteiger partial charge in [-0.2, -0.15) is 0 Å². The van der Waals surface area contributed by atoms with Crippen molar-refractivity contribution in [3.05, 3.63) is 12.4 Å². The molecule has 1 aromatic heterocycles. The van der Waals surface area contributed by atoms with Gasteiger partial charge >= 0.3 is 0 Å². The highest BCUT2D eigenvalue weighted by Gasteiger charge is 2.24. The quantitative estimate of drug-likeness (QED) is 0.865. The molecule has 2 saturated heterocycles. The maximum Gasteiger partial charge on any atom is 0.211 e. The van der Waals surface area contributed by atoms with E-state index in [9.17, 15) is 8.42 Å². The molecule has 134 valence electrons. The third-order valence-corrected chi connectivity index (χ3v) is 6.25. The lowest BCUT2D eigenvalue weighted by molar-refractivity contribution is 0.283. The number of hydrogen-bond donors (Lipinski definition) is 1. The summed E-state index contributed by atoms with van der Waals surface area (Å²) in [6, 6.07) is 2.02. The Balaban J connectivity index is 1.50. The van der Waals surface area contributed by atoms with E-state index in [4.69, 9.17) is 0 Å². The summed E-state index contributed by atoms with van der Waals surface area (Å²) in [7, 11) is -3.05.